The lowest BCUT2D eigenvalue weighted by Gasteiger charge is -2.09. The van der Waals surface area contributed by atoms with E-state index in [1.165, 1.54) is 6.07 Å². The second-order valence-electron chi connectivity index (χ2n) is 5.16. The van der Waals surface area contributed by atoms with Crippen molar-refractivity contribution in [1.29, 1.82) is 0 Å². The fourth-order valence-corrected chi connectivity index (χ4v) is 2.29. The normalized spacial score (nSPS) is 10.1. The number of nitrogens with zero attached hydrogens (tertiary/aromatic N) is 1. The van der Waals surface area contributed by atoms with Crippen LogP contribution in [-0.4, -0.2) is 36.7 Å². The Balaban J connectivity index is 2.03. The van der Waals surface area contributed by atoms with E-state index < -0.39 is 22.5 Å². The van der Waals surface area contributed by atoms with Gasteiger partial charge in [-0.05, 0) is 25.1 Å². The Morgan fingerprint density at radius 3 is 2.26 bits per heavy atom. The third kappa shape index (κ3) is 5.68. The molecule has 0 spiro atoms. The molecule has 9 heteroatoms. The molecule has 27 heavy (non-hydrogen) atoms. The predicted molar refractivity (Wildman–Crippen MR) is 96.3 cm³/mol. The van der Waals surface area contributed by atoms with E-state index in [0.717, 1.165) is 12.1 Å². The first-order chi connectivity index (χ1) is 12.9. The third-order valence-corrected chi connectivity index (χ3v) is 3.60. The van der Waals surface area contributed by atoms with Gasteiger partial charge in [0, 0.05) is 12.1 Å². The van der Waals surface area contributed by atoms with E-state index in [4.69, 9.17) is 25.8 Å². The Morgan fingerprint density at radius 1 is 1.04 bits per heavy atom. The van der Waals surface area contributed by atoms with Gasteiger partial charge in [0.25, 0.3) is 5.69 Å². The van der Waals surface area contributed by atoms with E-state index in [1.807, 2.05) is 0 Å². The van der Waals surface area contributed by atoms with Crippen LogP contribution in [-0.2, 0) is 9.47 Å². The van der Waals surface area contributed by atoms with E-state index in [9.17, 15) is 19.7 Å². The van der Waals surface area contributed by atoms with Crippen LogP contribution in [0.5, 0.6) is 5.75 Å². The van der Waals surface area contributed by atoms with Crippen LogP contribution < -0.4 is 4.74 Å². The molecule has 2 aromatic carbocycles. The molecule has 2 rings (SSSR count). The van der Waals surface area contributed by atoms with Crippen LogP contribution in [0, 0.1) is 10.1 Å². The molecule has 8 nitrogen and oxygen atoms in total. The average Bonchev–Trinajstić information content (AvgIpc) is 2.66. The van der Waals surface area contributed by atoms with Crippen molar-refractivity contribution in [2.24, 2.45) is 0 Å². The van der Waals surface area contributed by atoms with Crippen LogP contribution in [0.1, 0.15) is 27.6 Å². The van der Waals surface area contributed by atoms with Gasteiger partial charge < -0.3 is 14.2 Å². The Hall–Kier alpha value is -3.13. The number of hydrogen-bond donors (Lipinski definition) is 0. The van der Waals surface area contributed by atoms with Gasteiger partial charge >= 0.3 is 11.9 Å². The number of nitro groups is 1. The zero-order valence-corrected chi connectivity index (χ0v) is 15.1. The van der Waals surface area contributed by atoms with Crippen molar-refractivity contribution in [3.63, 3.8) is 0 Å². The molecule has 0 unspecified atom stereocenters. The number of carbonyl (C=O) groups excluding carboxylic acids is 2. The average molecular weight is 394 g/mol. The lowest BCUT2D eigenvalue weighted by atomic mass is 10.1. The monoisotopic (exact) mass is 393 g/mol. The van der Waals surface area contributed by atoms with E-state index in [1.54, 1.807) is 31.2 Å². The molecule has 0 aromatic heterocycles. The molecule has 0 amide bonds. The van der Waals surface area contributed by atoms with E-state index in [-0.39, 0.29) is 30.9 Å². The molecule has 0 radical (unpaired) electrons. The van der Waals surface area contributed by atoms with Crippen molar-refractivity contribution in [3.05, 3.63) is 68.7 Å². The second-order valence-corrected chi connectivity index (χ2v) is 5.57. The summed E-state index contributed by atoms with van der Waals surface area (Å²) < 4.78 is 15.2. The van der Waals surface area contributed by atoms with Gasteiger partial charge in [0.15, 0.2) is 0 Å². The molecule has 0 aliphatic carbocycles. The zero-order chi connectivity index (χ0) is 19.8. The first-order valence-electron chi connectivity index (χ1n) is 7.93. The molecule has 0 N–H and O–H groups in total. The smallest absolute Gasteiger partial charge is 0.338 e. The molecule has 0 fully saturated rings. The molecular formula is C18H16ClNO7. The summed E-state index contributed by atoms with van der Waals surface area (Å²) in [7, 11) is 0. The quantitative estimate of drug-likeness (QED) is 0.291. The number of halogens is 1. The highest BCUT2D eigenvalue weighted by molar-refractivity contribution is 6.32. The van der Waals surface area contributed by atoms with Gasteiger partial charge in [-0.3, -0.25) is 10.1 Å². The van der Waals surface area contributed by atoms with Gasteiger partial charge in [-0.2, -0.15) is 0 Å². The molecular weight excluding hydrogens is 378 g/mol. The first-order valence-corrected chi connectivity index (χ1v) is 8.31. The number of non-ortho nitro benzene ring substituents is 1. The van der Waals surface area contributed by atoms with Gasteiger partial charge in [0.1, 0.15) is 19.0 Å². The topological polar surface area (TPSA) is 105 Å². The Kier molecular flexibility index (Phi) is 7.13. The number of benzene rings is 2. The van der Waals surface area contributed by atoms with Crippen molar-refractivity contribution in [3.8, 4) is 5.75 Å². The number of carbonyl (C=O) groups is 2. The molecule has 2 aromatic rings. The molecule has 0 aliphatic heterocycles. The number of nitro benzene ring substituents is 1. The maximum atomic E-state index is 12.2. The van der Waals surface area contributed by atoms with Gasteiger partial charge in [0.2, 0.25) is 0 Å². The molecule has 142 valence electrons. The predicted octanol–water partition coefficient (Wildman–Crippen LogP) is 3.66. The maximum absolute atomic E-state index is 12.2. The van der Waals surface area contributed by atoms with Crippen molar-refractivity contribution >= 4 is 29.2 Å². The molecule has 0 heterocycles. The summed E-state index contributed by atoms with van der Waals surface area (Å²) in [5.74, 6) is -1.15. The molecule has 0 saturated heterocycles. The summed E-state index contributed by atoms with van der Waals surface area (Å²) in [6.45, 7) is 1.63. The molecule has 0 aliphatic rings. The number of esters is 2. The number of ether oxygens (including phenoxy) is 3. The van der Waals surface area contributed by atoms with Gasteiger partial charge in [-0.15, -0.1) is 0 Å². The third-order valence-electron chi connectivity index (χ3n) is 3.29. The summed E-state index contributed by atoms with van der Waals surface area (Å²) in [5, 5.41) is 11.4. The minimum atomic E-state index is -0.827. The summed E-state index contributed by atoms with van der Waals surface area (Å²) >= 11 is 5.94. The van der Waals surface area contributed by atoms with Crippen LogP contribution in [0.2, 0.25) is 5.02 Å². The maximum Gasteiger partial charge on any atom is 0.338 e. The lowest BCUT2D eigenvalue weighted by molar-refractivity contribution is -0.384. The number of para-hydroxylation sites is 1. The summed E-state index contributed by atoms with van der Waals surface area (Å²) in [4.78, 5) is 34.3. The Bertz CT molecular complexity index is 853. The summed E-state index contributed by atoms with van der Waals surface area (Å²) in [6, 6.07) is 10.1. The number of hydrogen-bond acceptors (Lipinski definition) is 7. The standard InChI is InChI=1S/C18H16ClNO7/c1-2-25-17(21)12-9-13(11-14(10-12)20(23)24)18(22)27-8-7-26-16-6-4-3-5-15(16)19/h3-6,9-11H,2,7-8H2,1H3. The second kappa shape index (κ2) is 9.54. The Labute approximate surface area is 159 Å². The number of rotatable bonds is 8. The van der Waals surface area contributed by atoms with Crippen LogP contribution in [0.15, 0.2) is 42.5 Å². The van der Waals surface area contributed by atoms with Crippen molar-refractivity contribution < 1.29 is 28.7 Å². The first kappa shape index (κ1) is 20.2. The van der Waals surface area contributed by atoms with E-state index in [2.05, 4.69) is 0 Å². The van der Waals surface area contributed by atoms with Crippen molar-refractivity contribution in [1.82, 2.24) is 0 Å². The van der Waals surface area contributed by atoms with E-state index in [0.29, 0.717) is 10.8 Å². The van der Waals surface area contributed by atoms with Crippen LogP contribution >= 0.6 is 11.6 Å². The SMILES string of the molecule is CCOC(=O)c1cc(C(=O)OCCOc2ccccc2Cl)cc([N+](=O)[O-])c1. The highest BCUT2D eigenvalue weighted by Crippen LogP contribution is 2.23. The summed E-state index contributed by atoms with van der Waals surface area (Å²) in [6.07, 6.45) is 0. The highest BCUT2D eigenvalue weighted by Gasteiger charge is 2.19. The molecule has 0 bridgehead atoms. The van der Waals surface area contributed by atoms with Crippen LogP contribution in [0.3, 0.4) is 0 Å². The largest absolute Gasteiger partial charge is 0.488 e. The van der Waals surface area contributed by atoms with Crippen molar-refractivity contribution in [2.75, 3.05) is 19.8 Å². The van der Waals surface area contributed by atoms with Crippen LogP contribution in [0.4, 0.5) is 5.69 Å². The van der Waals surface area contributed by atoms with Gasteiger partial charge in [-0.25, -0.2) is 9.59 Å². The van der Waals surface area contributed by atoms with Crippen molar-refractivity contribution in [2.45, 2.75) is 6.92 Å². The fraction of sp³-hybridized carbons (Fsp3) is 0.222. The highest BCUT2D eigenvalue weighted by atomic mass is 35.5. The van der Waals surface area contributed by atoms with Gasteiger partial charge in [-0.1, -0.05) is 23.7 Å². The minimum Gasteiger partial charge on any atom is -0.488 e. The van der Waals surface area contributed by atoms with Crippen LogP contribution in [0.25, 0.3) is 0 Å². The zero-order valence-electron chi connectivity index (χ0n) is 14.3. The minimum absolute atomic E-state index is 0.0368. The van der Waals surface area contributed by atoms with Gasteiger partial charge in [0.05, 0.1) is 27.7 Å². The summed E-state index contributed by atoms with van der Waals surface area (Å²) in [5.41, 5.74) is -0.657. The molecule has 0 atom stereocenters. The lowest BCUT2D eigenvalue weighted by Crippen LogP contribution is -2.14. The fourth-order valence-electron chi connectivity index (χ4n) is 2.10. The molecule has 0 saturated carbocycles. The van der Waals surface area contributed by atoms with E-state index >= 15 is 0 Å². The Morgan fingerprint density at radius 2 is 1.67 bits per heavy atom.